The van der Waals surface area contributed by atoms with Crippen LogP contribution in [-0.2, 0) is 4.74 Å². The van der Waals surface area contributed by atoms with Gasteiger partial charge in [-0.05, 0) is 19.8 Å². The number of amides is 1. The van der Waals surface area contributed by atoms with Crippen LogP contribution in [-0.4, -0.2) is 52.8 Å². The summed E-state index contributed by atoms with van der Waals surface area (Å²) < 4.78 is 4.96. The van der Waals surface area contributed by atoms with Gasteiger partial charge in [-0.25, -0.2) is 14.6 Å². The number of rotatable bonds is 4. The van der Waals surface area contributed by atoms with Gasteiger partial charge in [-0.15, -0.1) is 0 Å². The van der Waals surface area contributed by atoms with Gasteiger partial charge in [0.15, 0.2) is 5.13 Å². The summed E-state index contributed by atoms with van der Waals surface area (Å²) in [5.74, 6) is -0.965. The normalized spacial score (nSPS) is 15.9. The van der Waals surface area contributed by atoms with Crippen LogP contribution in [0.4, 0.5) is 9.93 Å². The van der Waals surface area contributed by atoms with E-state index in [-0.39, 0.29) is 17.0 Å². The van der Waals surface area contributed by atoms with Crippen molar-refractivity contribution in [3.05, 3.63) is 11.1 Å². The summed E-state index contributed by atoms with van der Waals surface area (Å²) in [6.45, 7) is 3.43. The van der Waals surface area contributed by atoms with Gasteiger partial charge in [-0.2, -0.15) is 0 Å². The van der Waals surface area contributed by atoms with E-state index in [2.05, 4.69) is 10.3 Å². The number of carboxylic acid groups (broad SMARTS) is 1. The van der Waals surface area contributed by atoms with Crippen molar-refractivity contribution in [1.82, 2.24) is 9.88 Å². The average Bonchev–Trinajstić information content (AvgIpc) is 2.88. The van der Waals surface area contributed by atoms with Gasteiger partial charge in [-0.1, -0.05) is 11.3 Å². The highest BCUT2D eigenvalue weighted by atomic mass is 32.1. The van der Waals surface area contributed by atoms with Gasteiger partial charge in [0, 0.05) is 19.1 Å². The van der Waals surface area contributed by atoms with Crippen LogP contribution in [0.3, 0.4) is 0 Å². The van der Waals surface area contributed by atoms with Crippen molar-refractivity contribution in [3.63, 3.8) is 0 Å². The largest absolute Gasteiger partial charge is 0.477 e. The van der Waals surface area contributed by atoms with E-state index < -0.39 is 5.97 Å². The molecule has 1 aliphatic heterocycles. The molecule has 20 heavy (non-hydrogen) atoms. The summed E-state index contributed by atoms with van der Waals surface area (Å²) in [5, 5.41) is 12.7. The number of carboxylic acids is 1. The number of thiazole rings is 1. The fourth-order valence-electron chi connectivity index (χ4n) is 2.04. The molecule has 7 nitrogen and oxygen atoms in total. The number of piperidine rings is 1. The predicted octanol–water partition coefficient (Wildman–Crippen LogP) is 1.87. The maximum absolute atomic E-state index is 11.5. The molecule has 1 saturated heterocycles. The lowest BCUT2D eigenvalue weighted by molar-refractivity contribution is 0.0701. The van der Waals surface area contributed by atoms with Crippen molar-refractivity contribution < 1.29 is 19.4 Å². The topological polar surface area (TPSA) is 91.8 Å². The Bertz CT molecular complexity index is 483. The fraction of sp³-hybridized carbons (Fsp3) is 0.583. The van der Waals surface area contributed by atoms with E-state index in [1.165, 1.54) is 6.20 Å². The third kappa shape index (κ3) is 3.60. The molecule has 0 aromatic carbocycles. The molecule has 2 heterocycles. The minimum Gasteiger partial charge on any atom is -0.477 e. The van der Waals surface area contributed by atoms with E-state index in [0.717, 1.165) is 24.2 Å². The first-order valence-electron chi connectivity index (χ1n) is 6.47. The van der Waals surface area contributed by atoms with Crippen LogP contribution in [0.5, 0.6) is 0 Å². The maximum Gasteiger partial charge on any atom is 0.409 e. The van der Waals surface area contributed by atoms with E-state index in [1.807, 2.05) is 0 Å². The highest BCUT2D eigenvalue weighted by molar-refractivity contribution is 7.17. The third-order valence-electron chi connectivity index (χ3n) is 3.07. The zero-order valence-electron chi connectivity index (χ0n) is 11.2. The number of anilines is 1. The summed E-state index contributed by atoms with van der Waals surface area (Å²) in [4.78, 5) is 28.3. The molecule has 2 N–H and O–H groups in total. The summed E-state index contributed by atoms with van der Waals surface area (Å²) >= 11 is 1.12. The molecule has 0 bridgehead atoms. The van der Waals surface area contributed by atoms with Gasteiger partial charge >= 0.3 is 12.1 Å². The predicted molar refractivity (Wildman–Crippen MR) is 74.3 cm³/mol. The molecular formula is C12H17N3O4S. The Balaban J connectivity index is 1.82. The molecule has 0 aliphatic carbocycles. The number of carbonyl (C=O) groups is 2. The van der Waals surface area contributed by atoms with E-state index in [9.17, 15) is 9.59 Å². The molecule has 0 saturated carbocycles. The highest BCUT2D eigenvalue weighted by Crippen LogP contribution is 2.22. The smallest absolute Gasteiger partial charge is 0.409 e. The SMILES string of the molecule is CCOC(=O)N1CCC(Nc2ncc(C(=O)O)s2)CC1. The van der Waals surface area contributed by atoms with Crippen molar-refractivity contribution >= 4 is 28.5 Å². The number of likely N-dealkylation sites (tertiary alicyclic amines) is 1. The number of carbonyl (C=O) groups excluding carboxylic acids is 1. The van der Waals surface area contributed by atoms with E-state index in [4.69, 9.17) is 9.84 Å². The Morgan fingerprint density at radius 3 is 2.80 bits per heavy atom. The molecule has 1 amide bonds. The molecule has 8 heteroatoms. The summed E-state index contributed by atoms with van der Waals surface area (Å²) in [7, 11) is 0. The Labute approximate surface area is 120 Å². The number of ether oxygens (including phenoxy) is 1. The summed E-state index contributed by atoms with van der Waals surface area (Å²) in [6, 6.07) is 0.202. The average molecular weight is 299 g/mol. The first-order chi connectivity index (χ1) is 9.60. The lowest BCUT2D eigenvalue weighted by atomic mass is 10.1. The Morgan fingerprint density at radius 1 is 1.55 bits per heavy atom. The van der Waals surface area contributed by atoms with Crippen LogP contribution >= 0.6 is 11.3 Å². The zero-order chi connectivity index (χ0) is 14.5. The van der Waals surface area contributed by atoms with Gasteiger partial charge in [0.05, 0.1) is 12.8 Å². The molecular weight excluding hydrogens is 282 g/mol. The second-order valence-corrected chi connectivity index (χ2v) is 5.47. The van der Waals surface area contributed by atoms with Crippen molar-refractivity contribution in [1.29, 1.82) is 0 Å². The van der Waals surface area contributed by atoms with Crippen LogP contribution in [0.25, 0.3) is 0 Å². The number of aromatic carboxylic acids is 1. The molecule has 2 rings (SSSR count). The standard InChI is InChI=1S/C12H17N3O4S/c1-2-19-12(18)15-5-3-8(4-6-15)14-11-13-7-9(20-11)10(16)17/h7-8H,2-6H2,1H3,(H,13,14)(H,16,17). The third-order valence-corrected chi connectivity index (χ3v) is 3.98. The van der Waals surface area contributed by atoms with Crippen LogP contribution in [0.15, 0.2) is 6.20 Å². The summed E-state index contributed by atoms with van der Waals surface area (Å²) in [6.07, 6.45) is 2.67. The van der Waals surface area contributed by atoms with Crippen LogP contribution in [0.1, 0.15) is 29.4 Å². The van der Waals surface area contributed by atoms with Gasteiger partial charge in [0.2, 0.25) is 0 Å². The number of aromatic nitrogens is 1. The molecule has 0 atom stereocenters. The Morgan fingerprint density at radius 2 is 2.25 bits per heavy atom. The van der Waals surface area contributed by atoms with Crippen molar-refractivity contribution in [3.8, 4) is 0 Å². The minimum absolute atomic E-state index is 0.202. The molecule has 110 valence electrons. The molecule has 0 unspecified atom stereocenters. The highest BCUT2D eigenvalue weighted by Gasteiger charge is 2.24. The maximum atomic E-state index is 11.5. The molecule has 1 aromatic heterocycles. The van der Waals surface area contributed by atoms with E-state index in [1.54, 1.807) is 11.8 Å². The monoisotopic (exact) mass is 299 g/mol. The number of nitrogens with zero attached hydrogens (tertiary/aromatic N) is 2. The van der Waals surface area contributed by atoms with Gasteiger partial charge < -0.3 is 20.1 Å². The van der Waals surface area contributed by atoms with Gasteiger partial charge in [0.1, 0.15) is 4.88 Å². The van der Waals surface area contributed by atoms with Crippen LogP contribution in [0, 0.1) is 0 Å². The van der Waals surface area contributed by atoms with Crippen molar-refractivity contribution in [2.75, 3.05) is 25.0 Å². The molecule has 1 aromatic rings. The zero-order valence-corrected chi connectivity index (χ0v) is 12.0. The quantitative estimate of drug-likeness (QED) is 0.882. The first kappa shape index (κ1) is 14.6. The minimum atomic E-state index is -0.965. The number of hydrogen-bond acceptors (Lipinski definition) is 6. The van der Waals surface area contributed by atoms with Gasteiger partial charge in [-0.3, -0.25) is 0 Å². The fourth-order valence-corrected chi connectivity index (χ4v) is 2.77. The second kappa shape index (κ2) is 6.56. The van der Waals surface area contributed by atoms with E-state index >= 15 is 0 Å². The Hall–Kier alpha value is -1.83. The molecule has 0 radical (unpaired) electrons. The van der Waals surface area contributed by atoms with Crippen molar-refractivity contribution in [2.24, 2.45) is 0 Å². The first-order valence-corrected chi connectivity index (χ1v) is 7.29. The molecule has 1 fully saturated rings. The van der Waals surface area contributed by atoms with Crippen molar-refractivity contribution in [2.45, 2.75) is 25.8 Å². The molecule has 0 spiro atoms. The Kier molecular flexibility index (Phi) is 4.78. The van der Waals surface area contributed by atoms with Gasteiger partial charge in [0.25, 0.3) is 0 Å². The van der Waals surface area contributed by atoms with E-state index in [0.29, 0.717) is 24.8 Å². The van der Waals surface area contributed by atoms with Crippen LogP contribution < -0.4 is 5.32 Å². The summed E-state index contributed by atoms with van der Waals surface area (Å²) in [5.41, 5.74) is 0. The molecule has 1 aliphatic rings. The lowest BCUT2D eigenvalue weighted by Gasteiger charge is -2.31. The van der Waals surface area contributed by atoms with Crippen LogP contribution in [0.2, 0.25) is 0 Å². The second-order valence-electron chi connectivity index (χ2n) is 4.44. The lowest BCUT2D eigenvalue weighted by Crippen LogP contribution is -2.42. The number of nitrogens with one attached hydrogen (secondary N) is 1. The number of hydrogen-bond donors (Lipinski definition) is 2.